The lowest BCUT2D eigenvalue weighted by Gasteiger charge is -2.19. The maximum atomic E-state index is 11.2. The summed E-state index contributed by atoms with van der Waals surface area (Å²) in [6.45, 7) is 5.49. The van der Waals surface area contributed by atoms with E-state index >= 15 is 0 Å². The molecule has 0 unspecified atom stereocenters. The lowest BCUT2D eigenvalue weighted by Crippen LogP contribution is -2.45. The van der Waals surface area contributed by atoms with Gasteiger partial charge in [-0.3, -0.25) is 4.79 Å². The van der Waals surface area contributed by atoms with Crippen molar-refractivity contribution in [2.24, 2.45) is 5.73 Å². The van der Waals surface area contributed by atoms with Gasteiger partial charge in [0.15, 0.2) is 0 Å². The minimum atomic E-state index is -0.873. The summed E-state index contributed by atoms with van der Waals surface area (Å²) in [5.74, 6) is -0.191. The molecule has 4 nitrogen and oxygen atoms in total. The van der Waals surface area contributed by atoms with Crippen molar-refractivity contribution in [3.63, 3.8) is 0 Å². The Morgan fingerprint density at radius 1 is 1.62 bits per heavy atom. The van der Waals surface area contributed by atoms with E-state index in [1.165, 1.54) is 0 Å². The quantitative estimate of drug-likeness (QED) is 0.568. The Hall–Kier alpha value is -0.610. The highest BCUT2D eigenvalue weighted by Gasteiger charge is 2.17. The fourth-order valence-electron chi connectivity index (χ4n) is 0.877. The number of hydrogen-bond acceptors (Lipinski definition) is 3. The molecule has 0 saturated carbocycles. The first kappa shape index (κ1) is 12.4. The Bertz CT molecular complexity index is 163. The molecule has 0 aliphatic rings. The van der Waals surface area contributed by atoms with Crippen molar-refractivity contribution in [3.8, 4) is 0 Å². The smallest absolute Gasteiger partial charge is 0.237 e. The van der Waals surface area contributed by atoms with Crippen LogP contribution in [0, 0.1) is 0 Å². The second-order valence-electron chi connectivity index (χ2n) is 3.93. The monoisotopic (exact) mass is 188 g/mol. The molecule has 0 aliphatic heterocycles. The van der Waals surface area contributed by atoms with Gasteiger partial charge in [-0.25, -0.2) is 0 Å². The Morgan fingerprint density at radius 3 is 2.54 bits per heavy atom. The fraction of sp³-hybridized carbons (Fsp3) is 0.889. The third kappa shape index (κ3) is 6.54. The third-order valence-corrected chi connectivity index (χ3v) is 1.63. The maximum absolute atomic E-state index is 11.2. The van der Waals surface area contributed by atoms with E-state index in [9.17, 15) is 9.90 Å². The van der Waals surface area contributed by atoms with Gasteiger partial charge in [0, 0.05) is 6.54 Å². The molecule has 0 aliphatic carbocycles. The lowest BCUT2D eigenvalue weighted by atomic mass is 10.1. The number of hydrogen-bond donors (Lipinski definition) is 3. The first-order chi connectivity index (χ1) is 5.87. The van der Waals surface area contributed by atoms with Crippen molar-refractivity contribution in [3.05, 3.63) is 0 Å². The Morgan fingerprint density at radius 2 is 2.15 bits per heavy atom. The van der Waals surface area contributed by atoms with Crippen molar-refractivity contribution in [1.29, 1.82) is 0 Å². The standard InChI is InChI=1S/C9H20N2O2/c1-4-5-7(10)8(12)11-6-9(2,3)13/h7,13H,4-6,10H2,1-3H3,(H,11,12)/t7-/m1/s1. The van der Waals surface area contributed by atoms with Crippen LogP contribution in [0.25, 0.3) is 0 Å². The molecule has 78 valence electrons. The van der Waals surface area contributed by atoms with E-state index < -0.39 is 11.6 Å². The van der Waals surface area contributed by atoms with Gasteiger partial charge >= 0.3 is 0 Å². The van der Waals surface area contributed by atoms with Crippen molar-refractivity contribution in [1.82, 2.24) is 5.32 Å². The van der Waals surface area contributed by atoms with Gasteiger partial charge in [-0.15, -0.1) is 0 Å². The molecule has 0 heterocycles. The number of carbonyl (C=O) groups is 1. The molecule has 1 amide bonds. The van der Waals surface area contributed by atoms with Gasteiger partial charge in [0.1, 0.15) is 0 Å². The van der Waals surface area contributed by atoms with Crippen LogP contribution in [-0.4, -0.2) is 29.2 Å². The highest BCUT2D eigenvalue weighted by atomic mass is 16.3. The summed E-state index contributed by atoms with van der Waals surface area (Å²) in [6.07, 6.45) is 1.56. The summed E-state index contributed by atoms with van der Waals surface area (Å²) >= 11 is 0. The molecular formula is C9H20N2O2. The number of rotatable bonds is 5. The van der Waals surface area contributed by atoms with Crippen molar-refractivity contribution < 1.29 is 9.90 Å². The van der Waals surface area contributed by atoms with Crippen LogP contribution in [0.2, 0.25) is 0 Å². The molecule has 0 aromatic rings. The van der Waals surface area contributed by atoms with E-state index in [0.717, 1.165) is 6.42 Å². The number of nitrogens with one attached hydrogen (secondary N) is 1. The second-order valence-corrected chi connectivity index (χ2v) is 3.93. The van der Waals surface area contributed by atoms with E-state index in [1.54, 1.807) is 13.8 Å². The molecule has 0 fully saturated rings. The van der Waals surface area contributed by atoms with E-state index in [1.807, 2.05) is 6.92 Å². The van der Waals surface area contributed by atoms with Crippen LogP contribution in [0.1, 0.15) is 33.6 Å². The molecule has 0 aromatic carbocycles. The van der Waals surface area contributed by atoms with Crippen molar-refractivity contribution in [2.75, 3.05) is 6.54 Å². The Kier molecular flexibility index (Phi) is 4.95. The van der Waals surface area contributed by atoms with E-state index in [4.69, 9.17) is 5.73 Å². The minimum Gasteiger partial charge on any atom is -0.389 e. The van der Waals surface area contributed by atoms with E-state index in [-0.39, 0.29) is 12.5 Å². The molecule has 0 rings (SSSR count). The van der Waals surface area contributed by atoms with Crippen LogP contribution in [0.4, 0.5) is 0 Å². The van der Waals surface area contributed by atoms with Gasteiger partial charge < -0.3 is 16.2 Å². The van der Waals surface area contributed by atoms with Crippen LogP contribution in [0.15, 0.2) is 0 Å². The van der Waals surface area contributed by atoms with Crippen LogP contribution in [0.3, 0.4) is 0 Å². The number of aliphatic hydroxyl groups is 1. The number of carbonyl (C=O) groups excluding carboxylic acids is 1. The van der Waals surface area contributed by atoms with Crippen molar-refractivity contribution >= 4 is 5.91 Å². The average Bonchev–Trinajstić information content (AvgIpc) is 1.99. The zero-order valence-corrected chi connectivity index (χ0v) is 8.63. The molecule has 0 spiro atoms. The van der Waals surface area contributed by atoms with Crippen molar-refractivity contribution in [2.45, 2.75) is 45.3 Å². The van der Waals surface area contributed by atoms with Gasteiger partial charge in [-0.05, 0) is 20.3 Å². The van der Waals surface area contributed by atoms with Gasteiger partial charge in [0.25, 0.3) is 0 Å². The molecule has 1 atom stereocenters. The topological polar surface area (TPSA) is 75.4 Å². The zero-order chi connectivity index (χ0) is 10.5. The Balaban J connectivity index is 3.74. The summed E-state index contributed by atoms with van der Waals surface area (Å²) in [6, 6.07) is -0.452. The second kappa shape index (κ2) is 5.19. The summed E-state index contributed by atoms with van der Waals surface area (Å²) in [5.41, 5.74) is 4.69. The number of nitrogens with two attached hydrogens (primary N) is 1. The highest BCUT2D eigenvalue weighted by Crippen LogP contribution is 1.98. The molecule has 4 N–H and O–H groups in total. The summed E-state index contributed by atoms with van der Waals surface area (Å²) in [5, 5.41) is 11.9. The van der Waals surface area contributed by atoms with Gasteiger partial charge in [-0.2, -0.15) is 0 Å². The summed E-state index contributed by atoms with van der Waals surface area (Å²) < 4.78 is 0. The van der Waals surface area contributed by atoms with Crippen LogP contribution >= 0.6 is 0 Å². The molecule has 13 heavy (non-hydrogen) atoms. The molecular weight excluding hydrogens is 168 g/mol. The molecule has 0 bridgehead atoms. The largest absolute Gasteiger partial charge is 0.389 e. The SMILES string of the molecule is CCC[C@@H](N)C(=O)NCC(C)(C)O. The summed E-state index contributed by atoms with van der Waals surface area (Å²) in [4.78, 5) is 11.2. The van der Waals surface area contributed by atoms with Gasteiger partial charge in [0.05, 0.1) is 11.6 Å². The van der Waals surface area contributed by atoms with E-state index in [2.05, 4.69) is 5.32 Å². The first-order valence-electron chi connectivity index (χ1n) is 4.62. The first-order valence-corrected chi connectivity index (χ1v) is 4.62. The predicted octanol–water partition coefficient (Wildman–Crippen LogP) is 0.000900. The van der Waals surface area contributed by atoms with Crippen LogP contribution < -0.4 is 11.1 Å². The van der Waals surface area contributed by atoms with Gasteiger partial charge in [-0.1, -0.05) is 13.3 Å². The molecule has 0 aromatic heterocycles. The molecule has 0 saturated heterocycles. The maximum Gasteiger partial charge on any atom is 0.237 e. The Labute approximate surface area is 79.5 Å². The van der Waals surface area contributed by atoms with Crippen LogP contribution in [0.5, 0.6) is 0 Å². The summed E-state index contributed by atoms with van der Waals surface area (Å²) in [7, 11) is 0. The average molecular weight is 188 g/mol. The predicted molar refractivity (Wildman–Crippen MR) is 52.2 cm³/mol. The third-order valence-electron chi connectivity index (χ3n) is 1.63. The number of amides is 1. The van der Waals surface area contributed by atoms with E-state index in [0.29, 0.717) is 6.42 Å². The lowest BCUT2D eigenvalue weighted by molar-refractivity contribution is -0.123. The fourth-order valence-corrected chi connectivity index (χ4v) is 0.877. The zero-order valence-electron chi connectivity index (χ0n) is 8.63. The van der Waals surface area contributed by atoms with Gasteiger partial charge in [0.2, 0.25) is 5.91 Å². The highest BCUT2D eigenvalue weighted by molar-refractivity contribution is 5.81. The minimum absolute atomic E-state index is 0.191. The molecule has 4 heteroatoms. The van der Waals surface area contributed by atoms with Crippen LogP contribution in [-0.2, 0) is 4.79 Å². The normalized spacial score (nSPS) is 13.9. The molecule has 0 radical (unpaired) electrons.